The Labute approximate surface area is 142 Å². The van der Waals surface area contributed by atoms with Crippen molar-refractivity contribution < 1.29 is 24.5 Å². The van der Waals surface area contributed by atoms with E-state index in [0.717, 1.165) is 0 Å². The molecule has 3 rings (SSSR count). The van der Waals surface area contributed by atoms with Crippen LogP contribution in [0.1, 0.15) is 19.0 Å². The van der Waals surface area contributed by atoms with Gasteiger partial charge in [0.1, 0.15) is 42.8 Å². The van der Waals surface area contributed by atoms with Gasteiger partial charge in [0.05, 0.1) is 5.69 Å². The number of aromatic nitrogens is 3. The zero-order valence-corrected chi connectivity index (χ0v) is 13.4. The minimum atomic E-state index is -1.89. The summed E-state index contributed by atoms with van der Waals surface area (Å²) in [5.41, 5.74) is 4.50. The summed E-state index contributed by atoms with van der Waals surface area (Å²) in [7, 11) is 0. The molecule has 10 nitrogen and oxygen atoms in total. The number of nitriles is 1. The summed E-state index contributed by atoms with van der Waals surface area (Å²) in [5.74, 6) is -0.288. The lowest BCUT2D eigenvalue weighted by Crippen LogP contribution is -2.41. The molecule has 0 aliphatic carbocycles. The number of nitrogens with zero attached hydrogens (tertiary/aromatic N) is 4. The average molecular weight is 347 g/mol. The minimum Gasteiger partial charge on any atom is -0.463 e. The van der Waals surface area contributed by atoms with Gasteiger partial charge in [-0.3, -0.25) is 4.79 Å². The molecule has 1 unspecified atom stereocenters. The molecule has 0 radical (unpaired) electrons. The van der Waals surface area contributed by atoms with Crippen LogP contribution in [0.15, 0.2) is 18.5 Å². The Morgan fingerprint density at radius 2 is 2.32 bits per heavy atom. The van der Waals surface area contributed by atoms with E-state index < -0.39 is 29.9 Å². The highest BCUT2D eigenvalue weighted by Crippen LogP contribution is 2.40. The number of aliphatic hydroxyl groups excluding tert-OH is 2. The molecule has 1 fully saturated rings. The van der Waals surface area contributed by atoms with E-state index in [4.69, 9.17) is 15.2 Å². The molecule has 3 heterocycles. The van der Waals surface area contributed by atoms with Gasteiger partial charge in [-0.05, 0) is 12.1 Å². The number of ether oxygens (including phenoxy) is 2. The van der Waals surface area contributed by atoms with Gasteiger partial charge in [-0.2, -0.15) is 10.4 Å². The van der Waals surface area contributed by atoms with E-state index in [-0.39, 0.29) is 24.5 Å². The predicted molar refractivity (Wildman–Crippen MR) is 82.8 cm³/mol. The molecule has 132 valence electrons. The van der Waals surface area contributed by atoms with Crippen LogP contribution < -0.4 is 5.73 Å². The van der Waals surface area contributed by atoms with Crippen LogP contribution in [0.2, 0.25) is 0 Å². The second-order valence-corrected chi connectivity index (χ2v) is 5.64. The van der Waals surface area contributed by atoms with Crippen LogP contribution >= 0.6 is 0 Å². The highest BCUT2D eigenvalue weighted by Gasteiger charge is 2.57. The molecule has 4 N–H and O–H groups in total. The maximum atomic E-state index is 11.3. The van der Waals surface area contributed by atoms with E-state index in [2.05, 4.69) is 10.1 Å². The standard InChI is InChI=1S/C15H17N5O5/c1-2-11(21)24-5-9-12(22)13(23)15(6-16,25-9)10-4-3-8-14(17)18-7-19-20(8)10/h3-4,7,9,12-13,22-23H,2,5H2,1H3,(H2,17,18,19)/t9?,12-,13-,15+/m1/s1. The van der Waals surface area contributed by atoms with Gasteiger partial charge >= 0.3 is 5.97 Å². The summed E-state index contributed by atoms with van der Waals surface area (Å²) in [6.45, 7) is 1.34. The van der Waals surface area contributed by atoms with Gasteiger partial charge in [-0.25, -0.2) is 9.50 Å². The van der Waals surface area contributed by atoms with E-state index in [1.54, 1.807) is 13.0 Å². The molecule has 1 saturated heterocycles. The van der Waals surface area contributed by atoms with Crippen LogP contribution in [-0.4, -0.2) is 55.7 Å². The third-order valence-corrected chi connectivity index (χ3v) is 4.18. The second kappa shape index (κ2) is 6.29. The van der Waals surface area contributed by atoms with Crippen LogP contribution in [0.5, 0.6) is 0 Å². The number of aliphatic hydroxyl groups is 2. The molecular weight excluding hydrogens is 330 g/mol. The van der Waals surface area contributed by atoms with Gasteiger partial charge in [0.25, 0.3) is 0 Å². The van der Waals surface area contributed by atoms with Crippen LogP contribution in [-0.2, 0) is 19.9 Å². The summed E-state index contributed by atoms with van der Waals surface area (Å²) in [6, 6.07) is 5.00. The molecule has 0 spiro atoms. The van der Waals surface area contributed by atoms with Crippen molar-refractivity contribution in [3.8, 4) is 6.07 Å². The summed E-state index contributed by atoms with van der Waals surface area (Å²) in [6.07, 6.45) is -2.69. The first kappa shape index (κ1) is 17.1. The molecule has 1 aliphatic rings. The Morgan fingerprint density at radius 3 is 3.00 bits per heavy atom. The van der Waals surface area contributed by atoms with E-state index in [1.807, 2.05) is 6.07 Å². The van der Waals surface area contributed by atoms with Crippen molar-refractivity contribution in [1.82, 2.24) is 14.6 Å². The van der Waals surface area contributed by atoms with Crippen molar-refractivity contribution in [3.63, 3.8) is 0 Å². The SMILES string of the molecule is CCC(=O)OCC1O[C@@](C#N)(c2ccc3c(N)ncnn23)[C@H](O)[C@@H]1O. The van der Waals surface area contributed by atoms with E-state index >= 15 is 0 Å². The number of esters is 1. The Bertz CT molecular complexity index is 846. The second-order valence-electron chi connectivity index (χ2n) is 5.64. The maximum Gasteiger partial charge on any atom is 0.305 e. The van der Waals surface area contributed by atoms with Crippen LogP contribution in [0.4, 0.5) is 5.82 Å². The van der Waals surface area contributed by atoms with Gasteiger partial charge in [-0.15, -0.1) is 0 Å². The molecular formula is C15H17N5O5. The monoisotopic (exact) mass is 347 g/mol. The molecule has 2 aromatic heterocycles. The van der Waals surface area contributed by atoms with Crippen molar-refractivity contribution in [1.29, 1.82) is 5.26 Å². The number of carbonyl (C=O) groups excluding carboxylic acids is 1. The average Bonchev–Trinajstić information content (AvgIpc) is 3.16. The predicted octanol–water partition coefficient (Wildman–Crippen LogP) is -0.896. The minimum absolute atomic E-state index is 0.161. The Balaban J connectivity index is 1.98. The first-order chi connectivity index (χ1) is 11.9. The smallest absolute Gasteiger partial charge is 0.305 e. The number of nitrogen functional groups attached to an aromatic ring is 1. The lowest BCUT2D eigenvalue weighted by Gasteiger charge is -2.24. The third kappa shape index (κ3) is 2.58. The number of hydrogen-bond acceptors (Lipinski definition) is 9. The normalized spacial score (nSPS) is 28.8. The highest BCUT2D eigenvalue weighted by atomic mass is 16.6. The number of anilines is 1. The molecule has 25 heavy (non-hydrogen) atoms. The Hall–Kier alpha value is -2.74. The zero-order chi connectivity index (χ0) is 18.2. The zero-order valence-electron chi connectivity index (χ0n) is 13.4. The quantitative estimate of drug-likeness (QED) is 0.596. The van der Waals surface area contributed by atoms with Crippen LogP contribution in [0.3, 0.4) is 0 Å². The van der Waals surface area contributed by atoms with E-state index in [9.17, 15) is 20.3 Å². The molecule has 4 atom stereocenters. The van der Waals surface area contributed by atoms with Crippen molar-refractivity contribution in [2.45, 2.75) is 37.3 Å². The summed E-state index contributed by atoms with van der Waals surface area (Å²) >= 11 is 0. The first-order valence-corrected chi connectivity index (χ1v) is 7.64. The lowest BCUT2D eigenvalue weighted by molar-refractivity contribution is -0.150. The Morgan fingerprint density at radius 1 is 1.56 bits per heavy atom. The highest BCUT2D eigenvalue weighted by molar-refractivity contribution is 5.69. The van der Waals surface area contributed by atoms with Gasteiger partial charge < -0.3 is 25.4 Å². The van der Waals surface area contributed by atoms with Gasteiger partial charge in [0.2, 0.25) is 5.60 Å². The van der Waals surface area contributed by atoms with Gasteiger partial charge in [-0.1, -0.05) is 6.92 Å². The summed E-state index contributed by atoms with van der Waals surface area (Å²) < 4.78 is 11.9. The largest absolute Gasteiger partial charge is 0.463 e. The van der Waals surface area contributed by atoms with Crippen molar-refractivity contribution in [2.75, 3.05) is 12.3 Å². The fourth-order valence-electron chi connectivity index (χ4n) is 2.83. The number of carbonyl (C=O) groups is 1. The molecule has 10 heteroatoms. The fourth-order valence-corrected chi connectivity index (χ4v) is 2.83. The number of hydrogen-bond donors (Lipinski definition) is 3. The van der Waals surface area contributed by atoms with Gasteiger partial charge in [0, 0.05) is 6.42 Å². The molecule has 1 aliphatic heterocycles. The number of nitrogens with two attached hydrogens (primary N) is 1. The Kier molecular flexibility index (Phi) is 4.30. The van der Waals surface area contributed by atoms with Crippen molar-refractivity contribution in [2.24, 2.45) is 0 Å². The van der Waals surface area contributed by atoms with Crippen LogP contribution in [0, 0.1) is 11.3 Å². The third-order valence-electron chi connectivity index (χ3n) is 4.18. The molecule has 0 bridgehead atoms. The maximum absolute atomic E-state index is 11.3. The summed E-state index contributed by atoms with van der Waals surface area (Å²) in [4.78, 5) is 15.2. The molecule has 0 aromatic carbocycles. The fraction of sp³-hybridized carbons (Fsp3) is 0.467. The summed E-state index contributed by atoms with van der Waals surface area (Å²) in [5, 5.41) is 34.5. The topological polar surface area (TPSA) is 156 Å². The molecule has 0 amide bonds. The van der Waals surface area contributed by atoms with Gasteiger partial charge in [0.15, 0.2) is 5.82 Å². The van der Waals surface area contributed by atoms with Crippen molar-refractivity contribution in [3.05, 3.63) is 24.2 Å². The van der Waals surface area contributed by atoms with E-state index in [1.165, 1.54) is 16.9 Å². The van der Waals surface area contributed by atoms with E-state index in [0.29, 0.717) is 5.52 Å². The number of rotatable bonds is 4. The first-order valence-electron chi connectivity index (χ1n) is 7.64. The lowest BCUT2D eigenvalue weighted by atomic mass is 9.92. The van der Waals surface area contributed by atoms with Crippen molar-refractivity contribution >= 4 is 17.3 Å². The molecule has 0 saturated carbocycles. The number of fused-ring (bicyclic) bond motifs is 1. The van der Waals surface area contributed by atoms with Crippen LogP contribution in [0.25, 0.3) is 5.52 Å². The molecule has 2 aromatic rings.